The molecule has 1 saturated heterocycles. The molecule has 2 aliphatic rings. The number of thioether (sulfide) groups is 1. The smallest absolute Gasteiger partial charge is 0.266 e. The summed E-state index contributed by atoms with van der Waals surface area (Å²) in [6.07, 6.45) is 3.29. The van der Waals surface area contributed by atoms with Gasteiger partial charge in [-0.3, -0.25) is 18.9 Å². The van der Waals surface area contributed by atoms with Crippen LogP contribution in [0.3, 0.4) is 0 Å². The number of thiocarbonyl (C=S) groups is 1. The Bertz CT molecular complexity index is 1660. The van der Waals surface area contributed by atoms with E-state index in [1.165, 1.54) is 32.8 Å². The molecule has 0 radical (unpaired) electrons. The number of benzene rings is 2. The van der Waals surface area contributed by atoms with Gasteiger partial charge in [0, 0.05) is 11.1 Å². The molecule has 0 aliphatic carbocycles. The lowest BCUT2D eigenvalue weighted by Crippen LogP contribution is -2.27. The molecule has 2 aromatic heterocycles. The SMILES string of the molecule is Cc1ccc(Sc2nc3ccccn3c(=O)c2C=C2SC(=S)N(Cc3ccc4c(c3)OCO4)C2=O)cc1. The Morgan fingerprint density at radius 1 is 1.08 bits per heavy atom. The summed E-state index contributed by atoms with van der Waals surface area (Å²) in [5, 5.41) is 0.529. The molecular formula is C27H19N3O4S3. The van der Waals surface area contributed by atoms with Gasteiger partial charge in [0.2, 0.25) is 6.79 Å². The van der Waals surface area contributed by atoms with Crippen LogP contribution in [0.2, 0.25) is 0 Å². The van der Waals surface area contributed by atoms with Gasteiger partial charge in [0.25, 0.3) is 11.5 Å². The predicted octanol–water partition coefficient (Wildman–Crippen LogP) is 5.28. The maximum absolute atomic E-state index is 13.5. The van der Waals surface area contributed by atoms with Gasteiger partial charge in [-0.1, -0.05) is 65.6 Å². The largest absolute Gasteiger partial charge is 0.454 e. The van der Waals surface area contributed by atoms with Crippen molar-refractivity contribution in [3.8, 4) is 11.5 Å². The van der Waals surface area contributed by atoms with E-state index in [9.17, 15) is 9.59 Å². The van der Waals surface area contributed by atoms with Crippen LogP contribution in [0, 0.1) is 6.92 Å². The van der Waals surface area contributed by atoms with Crippen molar-refractivity contribution in [1.29, 1.82) is 0 Å². The zero-order valence-electron chi connectivity index (χ0n) is 19.5. The van der Waals surface area contributed by atoms with Gasteiger partial charge < -0.3 is 9.47 Å². The second kappa shape index (κ2) is 9.70. The minimum absolute atomic E-state index is 0.181. The Morgan fingerprint density at radius 3 is 2.73 bits per heavy atom. The Balaban J connectivity index is 1.36. The van der Waals surface area contributed by atoms with Crippen LogP contribution in [0.1, 0.15) is 16.7 Å². The number of aromatic nitrogens is 2. The van der Waals surface area contributed by atoms with Crippen LogP contribution in [0.15, 0.2) is 86.5 Å². The van der Waals surface area contributed by atoms with Gasteiger partial charge in [-0.15, -0.1) is 0 Å². The van der Waals surface area contributed by atoms with Crippen molar-refractivity contribution in [2.24, 2.45) is 0 Å². The summed E-state index contributed by atoms with van der Waals surface area (Å²) >= 11 is 8.11. The van der Waals surface area contributed by atoms with Crippen molar-refractivity contribution < 1.29 is 14.3 Å². The first-order chi connectivity index (χ1) is 18.0. The molecule has 0 N–H and O–H groups in total. The highest BCUT2D eigenvalue weighted by Crippen LogP contribution is 2.37. The average Bonchev–Trinajstić information content (AvgIpc) is 3.47. The number of amides is 1. The molecule has 0 atom stereocenters. The predicted molar refractivity (Wildman–Crippen MR) is 148 cm³/mol. The van der Waals surface area contributed by atoms with E-state index in [1.807, 2.05) is 55.5 Å². The number of ether oxygens (including phenoxy) is 2. The molecule has 2 aromatic carbocycles. The summed E-state index contributed by atoms with van der Waals surface area (Å²) in [7, 11) is 0. The summed E-state index contributed by atoms with van der Waals surface area (Å²) in [6.45, 7) is 2.49. The van der Waals surface area contributed by atoms with Gasteiger partial charge in [-0.2, -0.15) is 0 Å². The molecule has 0 unspecified atom stereocenters. The molecule has 1 fully saturated rings. The lowest BCUT2D eigenvalue weighted by Gasteiger charge is -2.14. The van der Waals surface area contributed by atoms with Crippen molar-refractivity contribution in [1.82, 2.24) is 14.3 Å². The molecule has 10 heteroatoms. The number of hydrogen-bond donors (Lipinski definition) is 0. The zero-order chi connectivity index (χ0) is 25.5. The van der Waals surface area contributed by atoms with Crippen molar-refractivity contribution in [2.45, 2.75) is 23.4 Å². The average molecular weight is 546 g/mol. The van der Waals surface area contributed by atoms with Gasteiger partial charge in [-0.05, 0) is 55.0 Å². The van der Waals surface area contributed by atoms with Crippen molar-refractivity contribution in [2.75, 3.05) is 6.79 Å². The molecule has 6 rings (SSSR count). The molecule has 1 amide bonds. The van der Waals surface area contributed by atoms with Crippen molar-refractivity contribution in [3.05, 3.63) is 98.8 Å². The number of rotatable bonds is 5. The Hall–Kier alpha value is -3.60. The molecular weight excluding hydrogens is 527 g/mol. The third-order valence-corrected chi connectivity index (χ3v) is 8.29. The highest BCUT2D eigenvalue weighted by molar-refractivity contribution is 8.26. The molecule has 7 nitrogen and oxygen atoms in total. The molecule has 4 heterocycles. The van der Waals surface area contributed by atoms with Crippen LogP contribution in [0.4, 0.5) is 0 Å². The summed E-state index contributed by atoms with van der Waals surface area (Å²) in [4.78, 5) is 34.5. The monoisotopic (exact) mass is 545 g/mol. The van der Waals surface area contributed by atoms with Crippen LogP contribution in [0.25, 0.3) is 11.7 Å². The lowest BCUT2D eigenvalue weighted by atomic mass is 10.2. The number of pyridine rings is 1. The first kappa shape index (κ1) is 23.8. The van der Waals surface area contributed by atoms with E-state index in [-0.39, 0.29) is 18.3 Å². The normalized spacial score (nSPS) is 15.8. The number of carbonyl (C=O) groups is 1. The molecule has 0 saturated carbocycles. The van der Waals surface area contributed by atoms with Crippen LogP contribution in [-0.2, 0) is 11.3 Å². The van der Waals surface area contributed by atoms with E-state index in [0.29, 0.717) is 43.5 Å². The van der Waals surface area contributed by atoms with Gasteiger partial charge in [0.1, 0.15) is 15.0 Å². The minimum Gasteiger partial charge on any atom is -0.454 e. The number of fused-ring (bicyclic) bond motifs is 2. The van der Waals surface area contributed by atoms with E-state index in [4.69, 9.17) is 26.7 Å². The summed E-state index contributed by atoms with van der Waals surface area (Å²) in [6, 6.07) is 18.9. The Kier molecular flexibility index (Phi) is 6.23. The Morgan fingerprint density at radius 2 is 1.89 bits per heavy atom. The van der Waals surface area contributed by atoms with Crippen LogP contribution < -0.4 is 15.0 Å². The highest BCUT2D eigenvalue weighted by atomic mass is 32.2. The fourth-order valence-corrected chi connectivity index (χ4v) is 6.12. The quantitative estimate of drug-likeness (QED) is 0.190. The topological polar surface area (TPSA) is 73.1 Å². The molecule has 37 heavy (non-hydrogen) atoms. The minimum atomic E-state index is -0.253. The third-order valence-electron chi connectivity index (χ3n) is 5.90. The van der Waals surface area contributed by atoms with Gasteiger partial charge in [0.05, 0.1) is 17.0 Å². The molecule has 2 aliphatic heterocycles. The van der Waals surface area contributed by atoms with E-state index in [2.05, 4.69) is 0 Å². The first-order valence-corrected chi connectivity index (χ1v) is 13.4. The van der Waals surface area contributed by atoms with E-state index >= 15 is 0 Å². The molecule has 4 aromatic rings. The number of aryl methyl sites for hydroxylation is 1. The summed E-state index contributed by atoms with van der Waals surface area (Å²) in [5.74, 6) is 1.07. The fraction of sp³-hybridized carbons (Fsp3) is 0.111. The van der Waals surface area contributed by atoms with Crippen LogP contribution in [-0.4, -0.2) is 31.3 Å². The second-order valence-electron chi connectivity index (χ2n) is 8.44. The van der Waals surface area contributed by atoms with Crippen molar-refractivity contribution >= 4 is 57.7 Å². The van der Waals surface area contributed by atoms with E-state index in [1.54, 1.807) is 24.4 Å². The van der Waals surface area contributed by atoms with Crippen LogP contribution in [0.5, 0.6) is 11.5 Å². The van der Waals surface area contributed by atoms with Crippen LogP contribution >= 0.6 is 35.7 Å². The standard InChI is InChI=1S/C27H19N3O4S3/c1-16-5-8-18(9-6-16)36-24-19(25(31)29-11-3-2-4-23(29)28-24)13-22-26(32)30(27(35)37-22)14-17-7-10-20-21(12-17)34-15-33-20/h2-13H,14-15H2,1H3. The number of carbonyl (C=O) groups excluding carboxylic acids is 1. The van der Waals surface area contributed by atoms with Crippen molar-refractivity contribution in [3.63, 3.8) is 0 Å². The maximum atomic E-state index is 13.5. The van der Waals surface area contributed by atoms with Gasteiger partial charge in [-0.25, -0.2) is 4.98 Å². The Labute approximate surface area is 226 Å². The maximum Gasteiger partial charge on any atom is 0.266 e. The second-order valence-corrected chi connectivity index (χ2v) is 11.2. The third kappa shape index (κ3) is 4.63. The molecule has 0 bridgehead atoms. The van der Waals surface area contributed by atoms with E-state index in [0.717, 1.165) is 16.0 Å². The molecule has 184 valence electrons. The lowest BCUT2D eigenvalue weighted by molar-refractivity contribution is -0.122. The summed E-state index contributed by atoms with van der Waals surface area (Å²) < 4.78 is 12.7. The first-order valence-electron chi connectivity index (χ1n) is 11.4. The fourth-order valence-electron chi connectivity index (χ4n) is 3.99. The van der Waals surface area contributed by atoms with E-state index < -0.39 is 0 Å². The number of nitrogens with zero attached hydrogens (tertiary/aromatic N) is 3. The summed E-state index contributed by atoms with van der Waals surface area (Å²) in [5.41, 5.74) is 2.64. The molecule has 0 spiro atoms. The van der Waals surface area contributed by atoms with Gasteiger partial charge >= 0.3 is 0 Å². The highest BCUT2D eigenvalue weighted by Gasteiger charge is 2.33. The zero-order valence-corrected chi connectivity index (χ0v) is 22.0. The van der Waals surface area contributed by atoms with Gasteiger partial charge in [0.15, 0.2) is 11.5 Å². The number of hydrogen-bond acceptors (Lipinski definition) is 8.